The molecule has 1 heterocycles. The maximum Gasteiger partial charge on any atom is 0.119 e. The van der Waals surface area contributed by atoms with Crippen LogP contribution in [0.2, 0.25) is 5.02 Å². The molecule has 1 aromatic heterocycles. The number of hydrogen-bond donors (Lipinski definition) is 1. The summed E-state index contributed by atoms with van der Waals surface area (Å²) in [5, 5.41) is 5.19. The fourth-order valence-corrected chi connectivity index (χ4v) is 2.82. The van der Waals surface area contributed by atoms with Crippen LogP contribution in [-0.2, 0) is 6.54 Å². The molecule has 3 nitrogen and oxygen atoms in total. The zero-order chi connectivity index (χ0) is 13.1. The van der Waals surface area contributed by atoms with Crippen molar-refractivity contribution in [2.75, 3.05) is 0 Å². The molecule has 1 fully saturated rings. The normalized spacial score (nSPS) is 14.6. The van der Waals surface area contributed by atoms with E-state index in [4.69, 9.17) is 11.6 Å². The molecule has 0 radical (unpaired) electrons. The van der Waals surface area contributed by atoms with Crippen LogP contribution in [0.3, 0.4) is 0 Å². The van der Waals surface area contributed by atoms with Crippen LogP contribution in [0.15, 0.2) is 46.7 Å². The van der Waals surface area contributed by atoms with Gasteiger partial charge in [0.25, 0.3) is 0 Å². The van der Waals surface area contributed by atoms with Gasteiger partial charge in [0.15, 0.2) is 0 Å². The maximum absolute atomic E-state index is 6.09. The van der Waals surface area contributed by atoms with Crippen LogP contribution < -0.4 is 5.32 Å². The Balaban J connectivity index is 1.78. The molecular formula is C14H14ClN3S. The van der Waals surface area contributed by atoms with Crippen molar-refractivity contribution in [2.45, 2.75) is 35.3 Å². The number of nitrogens with zero attached hydrogens (tertiary/aromatic N) is 2. The standard InChI is InChI=1S/C14H14ClN3S/c15-11-1-4-13(19-14-9-16-5-6-17-14)10(7-11)8-18-12-2-3-12/h1,4-7,9,12,18H,2-3,8H2. The molecule has 98 valence electrons. The van der Waals surface area contributed by atoms with Crippen LogP contribution in [0.5, 0.6) is 0 Å². The highest BCUT2D eigenvalue weighted by Crippen LogP contribution is 2.31. The van der Waals surface area contributed by atoms with Crippen molar-refractivity contribution < 1.29 is 0 Å². The zero-order valence-electron chi connectivity index (χ0n) is 10.3. The van der Waals surface area contributed by atoms with E-state index in [0.29, 0.717) is 6.04 Å². The smallest absolute Gasteiger partial charge is 0.119 e. The Morgan fingerprint density at radius 2 is 2.21 bits per heavy atom. The van der Waals surface area contributed by atoms with Gasteiger partial charge in [0.05, 0.1) is 6.20 Å². The summed E-state index contributed by atoms with van der Waals surface area (Å²) in [7, 11) is 0. The highest BCUT2D eigenvalue weighted by atomic mass is 35.5. The van der Waals surface area contributed by atoms with Gasteiger partial charge in [-0.25, -0.2) is 4.98 Å². The molecule has 1 N–H and O–H groups in total. The lowest BCUT2D eigenvalue weighted by Crippen LogP contribution is -2.15. The van der Waals surface area contributed by atoms with Gasteiger partial charge in [-0.3, -0.25) is 4.98 Å². The van der Waals surface area contributed by atoms with Crippen molar-refractivity contribution in [3.05, 3.63) is 47.4 Å². The SMILES string of the molecule is Clc1ccc(Sc2cnccn2)c(CNC2CC2)c1. The summed E-state index contributed by atoms with van der Waals surface area (Å²) in [5.41, 5.74) is 1.22. The molecule has 5 heteroatoms. The lowest BCUT2D eigenvalue weighted by Gasteiger charge is -2.10. The second kappa shape index (κ2) is 5.90. The average Bonchev–Trinajstić information content (AvgIpc) is 3.24. The van der Waals surface area contributed by atoms with Gasteiger partial charge >= 0.3 is 0 Å². The first-order valence-electron chi connectivity index (χ1n) is 6.27. The molecule has 0 saturated heterocycles. The van der Waals surface area contributed by atoms with Crippen LogP contribution in [0.25, 0.3) is 0 Å². The molecule has 2 aromatic rings. The van der Waals surface area contributed by atoms with Gasteiger partial charge in [-0.15, -0.1) is 0 Å². The maximum atomic E-state index is 6.09. The fraction of sp³-hybridized carbons (Fsp3) is 0.286. The Labute approximate surface area is 121 Å². The Morgan fingerprint density at radius 3 is 2.95 bits per heavy atom. The monoisotopic (exact) mass is 291 g/mol. The summed E-state index contributed by atoms with van der Waals surface area (Å²) in [6.07, 6.45) is 7.74. The summed E-state index contributed by atoms with van der Waals surface area (Å²) in [4.78, 5) is 9.56. The third-order valence-electron chi connectivity index (χ3n) is 2.94. The molecule has 3 rings (SSSR count). The third kappa shape index (κ3) is 3.69. The van der Waals surface area contributed by atoms with E-state index in [-0.39, 0.29) is 0 Å². The summed E-state index contributed by atoms with van der Waals surface area (Å²) < 4.78 is 0. The molecule has 0 bridgehead atoms. The van der Waals surface area contributed by atoms with Crippen molar-refractivity contribution in [3.8, 4) is 0 Å². The Morgan fingerprint density at radius 1 is 1.32 bits per heavy atom. The van der Waals surface area contributed by atoms with Gasteiger partial charge in [0.2, 0.25) is 0 Å². The molecule has 0 spiro atoms. The molecule has 0 atom stereocenters. The third-order valence-corrected chi connectivity index (χ3v) is 4.21. The summed E-state index contributed by atoms with van der Waals surface area (Å²) in [5.74, 6) is 0. The quantitative estimate of drug-likeness (QED) is 0.914. The van der Waals surface area contributed by atoms with Gasteiger partial charge < -0.3 is 5.32 Å². The van der Waals surface area contributed by atoms with Gasteiger partial charge in [-0.1, -0.05) is 23.4 Å². The molecular weight excluding hydrogens is 278 g/mol. The highest BCUT2D eigenvalue weighted by molar-refractivity contribution is 7.99. The molecule has 0 unspecified atom stereocenters. The van der Waals surface area contributed by atoms with Gasteiger partial charge in [-0.05, 0) is 36.6 Å². The molecule has 0 amide bonds. The van der Waals surface area contributed by atoms with Crippen molar-refractivity contribution in [1.29, 1.82) is 0 Å². The minimum atomic E-state index is 0.688. The number of benzene rings is 1. The van der Waals surface area contributed by atoms with E-state index in [0.717, 1.165) is 16.6 Å². The molecule has 1 aliphatic rings. The van der Waals surface area contributed by atoms with Gasteiger partial charge in [0, 0.05) is 34.9 Å². The van der Waals surface area contributed by atoms with E-state index in [9.17, 15) is 0 Å². The second-order valence-electron chi connectivity index (χ2n) is 4.55. The second-order valence-corrected chi connectivity index (χ2v) is 6.05. The first-order chi connectivity index (χ1) is 9.31. The van der Waals surface area contributed by atoms with Crippen molar-refractivity contribution in [2.24, 2.45) is 0 Å². The minimum absolute atomic E-state index is 0.688. The number of aromatic nitrogens is 2. The van der Waals surface area contributed by atoms with E-state index >= 15 is 0 Å². The lowest BCUT2D eigenvalue weighted by atomic mass is 10.2. The summed E-state index contributed by atoms with van der Waals surface area (Å²) in [6, 6.07) is 6.68. The highest BCUT2D eigenvalue weighted by Gasteiger charge is 2.20. The molecule has 0 aliphatic heterocycles. The molecule has 1 aromatic carbocycles. The Kier molecular flexibility index (Phi) is 4.01. The fourth-order valence-electron chi connectivity index (χ4n) is 1.78. The number of halogens is 1. The number of hydrogen-bond acceptors (Lipinski definition) is 4. The van der Waals surface area contributed by atoms with Crippen LogP contribution in [0, 0.1) is 0 Å². The van der Waals surface area contributed by atoms with Gasteiger partial charge in [0.1, 0.15) is 5.03 Å². The summed E-state index contributed by atoms with van der Waals surface area (Å²) >= 11 is 7.71. The molecule has 1 saturated carbocycles. The first kappa shape index (κ1) is 12.9. The first-order valence-corrected chi connectivity index (χ1v) is 7.46. The predicted molar refractivity (Wildman–Crippen MR) is 77.5 cm³/mol. The Hall–Kier alpha value is -1.10. The average molecular weight is 292 g/mol. The number of rotatable bonds is 5. The van der Waals surface area contributed by atoms with Crippen LogP contribution in [0.4, 0.5) is 0 Å². The van der Waals surface area contributed by atoms with E-state index in [1.54, 1.807) is 30.4 Å². The summed E-state index contributed by atoms with van der Waals surface area (Å²) in [6.45, 7) is 0.855. The largest absolute Gasteiger partial charge is 0.310 e. The molecule has 1 aliphatic carbocycles. The van der Waals surface area contributed by atoms with E-state index in [2.05, 4.69) is 15.3 Å². The predicted octanol–water partition coefficient (Wildman–Crippen LogP) is 3.53. The van der Waals surface area contributed by atoms with E-state index < -0.39 is 0 Å². The number of nitrogens with one attached hydrogen (secondary N) is 1. The van der Waals surface area contributed by atoms with Gasteiger partial charge in [-0.2, -0.15) is 0 Å². The molecule has 19 heavy (non-hydrogen) atoms. The van der Waals surface area contributed by atoms with E-state index in [1.807, 2.05) is 18.2 Å². The van der Waals surface area contributed by atoms with Crippen LogP contribution in [-0.4, -0.2) is 16.0 Å². The van der Waals surface area contributed by atoms with Crippen molar-refractivity contribution in [3.63, 3.8) is 0 Å². The van der Waals surface area contributed by atoms with Crippen LogP contribution >= 0.6 is 23.4 Å². The zero-order valence-corrected chi connectivity index (χ0v) is 11.9. The Bertz CT molecular complexity index is 558. The van der Waals surface area contributed by atoms with Crippen LogP contribution in [0.1, 0.15) is 18.4 Å². The van der Waals surface area contributed by atoms with Crippen molar-refractivity contribution in [1.82, 2.24) is 15.3 Å². The minimum Gasteiger partial charge on any atom is -0.310 e. The van der Waals surface area contributed by atoms with Crippen molar-refractivity contribution >= 4 is 23.4 Å². The van der Waals surface area contributed by atoms with E-state index in [1.165, 1.54) is 23.3 Å². The topological polar surface area (TPSA) is 37.8 Å². The lowest BCUT2D eigenvalue weighted by molar-refractivity contribution is 0.680.